The summed E-state index contributed by atoms with van der Waals surface area (Å²) in [6.07, 6.45) is 0.517. The molecule has 4 aromatic carbocycles. The highest BCUT2D eigenvalue weighted by atomic mass is 16.7. The molecule has 0 aliphatic rings. The van der Waals surface area contributed by atoms with E-state index in [-0.39, 0.29) is 12.8 Å². The second kappa shape index (κ2) is 9.18. The lowest BCUT2D eigenvalue weighted by molar-refractivity contribution is -0.165. The van der Waals surface area contributed by atoms with Crippen LogP contribution in [0.25, 0.3) is 21.5 Å². The Bertz CT molecular complexity index is 1290. The Hall–Kier alpha value is -3.74. The lowest BCUT2D eigenvalue weighted by atomic mass is 9.98. The van der Waals surface area contributed by atoms with Crippen molar-refractivity contribution in [2.75, 3.05) is 0 Å². The minimum absolute atomic E-state index is 0.0505. The summed E-state index contributed by atoms with van der Waals surface area (Å²) in [4.78, 5) is 29.1. The van der Waals surface area contributed by atoms with E-state index in [1.807, 2.05) is 84.9 Å². The van der Waals surface area contributed by atoms with Crippen molar-refractivity contribution in [3.63, 3.8) is 0 Å². The predicted molar refractivity (Wildman–Crippen MR) is 124 cm³/mol. The lowest BCUT2D eigenvalue weighted by Gasteiger charge is -2.25. The first-order chi connectivity index (χ1) is 15.4. The Morgan fingerprint density at radius 1 is 0.812 bits per heavy atom. The monoisotopic (exact) mass is 428 g/mol. The van der Waals surface area contributed by atoms with Gasteiger partial charge in [-0.2, -0.15) is 0 Å². The van der Waals surface area contributed by atoms with Crippen LogP contribution in [0.4, 0.5) is 0 Å². The molecule has 0 saturated heterocycles. The summed E-state index contributed by atoms with van der Waals surface area (Å²) in [6.45, 7) is 0. The van der Waals surface area contributed by atoms with Crippen LogP contribution < -0.4 is 11.2 Å². The molecule has 0 aromatic heterocycles. The van der Waals surface area contributed by atoms with E-state index in [1.165, 1.54) is 0 Å². The van der Waals surface area contributed by atoms with E-state index >= 15 is 0 Å². The van der Waals surface area contributed by atoms with Crippen molar-refractivity contribution in [1.82, 2.24) is 5.48 Å². The van der Waals surface area contributed by atoms with Gasteiger partial charge in [0.05, 0.1) is 6.42 Å². The molecule has 0 aliphatic carbocycles. The van der Waals surface area contributed by atoms with E-state index in [0.29, 0.717) is 12.0 Å². The SMILES string of the molecule is NC(Cc1ccc2ccccc2c1)(NOC(=O)CCc1ccc2ccccc2c1)C(=O)O. The average Bonchev–Trinajstić information content (AvgIpc) is 2.81. The number of fused-ring (bicyclic) bond motifs is 2. The minimum Gasteiger partial charge on any atom is -0.479 e. The molecular weight excluding hydrogens is 404 g/mol. The van der Waals surface area contributed by atoms with Crippen LogP contribution in [0.5, 0.6) is 0 Å². The molecule has 32 heavy (non-hydrogen) atoms. The number of carboxylic acid groups (broad SMARTS) is 1. The molecule has 4 rings (SSSR count). The van der Waals surface area contributed by atoms with Gasteiger partial charge >= 0.3 is 11.9 Å². The highest BCUT2D eigenvalue weighted by Crippen LogP contribution is 2.19. The third-order valence-electron chi connectivity index (χ3n) is 5.46. The number of carboxylic acids is 1. The third-order valence-corrected chi connectivity index (χ3v) is 5.46. The van der Waals surface area contributed by atoms with Crippen molar-refractivity contribution in [1.29, 1.82) is 0 Å². The van der Waals surface area contributed by atoms with Gasteiger partial charge in [-0.3, -0.25) is 4.79 Å². The maximum absolute atomic E-state index is 12.2. The number of nitrogens with two attached hydrogens (primary N) is 1. The quantitative estimate of drug-likeness (QED) is 0.290. The second-order valence-electron chi connectivity index (χ2n) is 7.89. The molecular formula is C26H24N2O4. The molecule has 6 nitrogen and oxygen atoms in total. The first-order valence-electron chi connectivity index (χ1n) is 10.4. The largest absolute Gasteiger partial charge is 0.479 e. The first kappa shape index (κ1) is 21.5. The number of carbonyl (C=O) groups is 2. The van der Waals surface area contributed by atoms with Crippen LogP contribution in [-0.4, -0.2) is 22.7 Å². The van der Waals surface area contributed by atoms with Gasteiger partial charge in [-0.25, -0.2) is 4.79 Å². The van der Waals surface area contributed by atoms with Crippen LogP contribution in [0.2, 0.25) is 0 Å². The number of aliphatic carboxylic acids is 1. The van der Waals surface area contributed by atoms with Crippen molar-refractivity contribution in [3.8, 4) is 0 Å². The van der Waals surface area contributed by atoms with Gasteiger partial charge in [0.15, 0.2) is 0 Å². The van der Waals surface area contributed by atoms with Crippen molar-refractivity contribution < 1.29 is 19.5 Å². The standard InChI is InChI=1S/C26H24N2O4/c27-26(25(30)31,17-19-10-13-21-6-2-4-8-23(21)16-19)28-32-24(29)14-11-18-9-12-20-5-1-3-7-22(20)15-18/h1-10,12-13,15-16,28H,11,14,17,27H2,(H,30,31). The fraction of sp³-hybridized carbons (Fsp3) is 0.154. The summed E-state index contributed by atoms with van der Waals surface area (Å²) in [5.74, 6) is -1.89. The van der Waals surface area contributed by atoms with Gasteiger partial charge in [0.25, 0.3) is 0 Å². The summed E-state index contributed by atoms with van der Waals surface area (Å²) < 4.78 is 0. The van der Waals surface area contributed by atoms with E-state index in [2.05, 4.69) is 5.48 Å². The van der Waals surface area contributed by atoms with E-state index in [4.69, 9.17) is 10.6 Å². The number of rotatable bonds is 8. The van der Waals surface area contributed by atoms with Crippen molar-refractivity contribution >= 4 is 33.5 Å². The number of aryl methyl sites for hydroxylation is 1. The zero-order valence-electron chi connectivity index (χ0n) is 17.5. The average molecular weight is 428 g/mol. The molecule has 0 heterocycles. The van der Waals surface area contributed by atoms with Crippen LogP contribution in [0.3, 0.4) is 0 Å². The van der Waals surface area contributed by atoms with Gasteiger partial charge in [-0.15, -0.1) is 5.48 Å². The fourth-order valence-electron chi connectivity index (χ4n) is 3.67. The third kappa shape index (κ3) is 4.94. The molecule has 1 unspecified atom stereocenters. The topological polar surface area (TPSA) is 102 Å². The molecule has 0 aliphatic heterocycles. The van der Waals surface area contributed by atoms with E-state index in [1.54, 1.807) is 0 Å². The predicted octanol–water partition coefficient (Wildman–Crippen LogP) is 3.96. The Morgan fingerprint density at radius 3 is 1.94 bits per heavy atom. The summed E-state index contributed by atoms with van der Waals surface area (Å²) >= 11 is 0. The molecule has 0 saturated carbocycles. The highest BCUT2D eigenvalue weighted by Gasteiger charge is 2.36. The Labute approximate surface area is 185 Å². The van der Waals surface area contributed by atoms with E-state index in [0.717, 1.165) is 27.1 Å². The van der Waals surface area contributed by atoms with Crippen LogP contribution in [0.1, 0.15) is 17.5 Å². The maximum atomic E-state index is 12.2. The van der Waals surface area contributed by atoms with Gasteiger partial charge in [-0.1, -0.05) is 84.9 Å². The summed E-state index contributed by atoms with van der Waals surface area (Å²) in [7, 11) is 0. The Balaban J connectivity index is 1.37. The highest BCUT2D eigenvalue weighted by molar-refractivity contribution is 5.84. The number of hydrogen-bond acceptors (Lipinski definition) is 5. The number of nitrogens with one attached hydrogen (secondary N) is 1. The molecule has 0 spiro atoms. The molecule has 1 atom stereocenters. The van der Waals surface area contributed by atoms with E-state index in [9.17, 15) is 14.7 Å². The van der Waals surface area contributed by atoms with E-state index < -0.39 is 17.6 Å². The zero-order chi connectivity index (χ0) is 22.6. The second-order valence-corrected chi connectivity index (χ2v) is 7.89. The molecule has 4 N–H and O–H groups in total. The Kier molecular flexibility index (Phi) is 6.16. The maximum Gasteiger partial charge on any atom is 0.342 e. The van der Waals surface area contributed by atoms with Gasteiger partial charge in [0.1, 0.15) is 0 Å². The molecule has 6 heteroatoms. The molecule has 0 fully saturated rings. The van der Waals surface area contributed by atoms with Crippen molar-refractivity contribution in [3.05, 3.63) is 96.1 Å². The van der Waals surface area contributed by atoms with Gasteiger partial charge in [0.2, 0.25) is 5.66 Å². The normalized spacial score (nSPS) is 13.0. The molecule has 0 radical (unpaired) electrons. The number of carbonyl (C=O) groups excluding carboxylic acids is 1. The summed E-state index contributed by atoms with van der Waals surface area (Å²) in [5, 5.41) is 13.9. The van der Waals surface area contributed by atoms with Crippen molar-refractivity contribution in [2.24, 2.45) is 5.73 Å². The van der Waals surface area contributed by atoms with Crippen LogP contribution in [-0.2, 0) is 27.3 Å². The fourth-order valence-corrected chi connectivity index (χ4v) is 3.67. The summed E-state index contributed by atoms with van der Waals surface area (Å²) in [6, 6.07) is 27.3. The Morgan fingerprint density at radius 2 is 1.34 bits per heavy atom. The molecule has 4 aromatic rings. The molecule has 162 valence electrons. The smallest absolute Gasteiger partial charge is 0.342 e. The van der Waals surface area contributed by atoms with Gasteiger partial charge in [0, 0.05) is 6.42 Å². The van der Waals surface area contributed by atoms with Crippen LogP contribution in [0, 0.1) is 0 Å². The number of benzene rings is 4. The first-order valence-corrected chi connectivity index (χ1v) is 10.4. The zero-order valence-corrected chi connectivity index (χ0v) is 17.5. The van der Waals surface area contributed by atoms with Crippen molar-refractivity contribution in [2.45, 2.75) is 24.9 Å². The number of hydroxylamine groups is 1. The molecule has 0 bridgehead atoms. The van der Waals surface area contributed by atoms with Gasteiger partial charge < -0.3 is 15.7 Å². The van der Waals surface area contributed by atoms with Crippen LogP contribution >= 0.6 is 0 Å². The molecule has 0 amide bonds. The number of hydrogen-bond donors (Lipinski definition) is 3. The van der Waals surface area contributed by atoms with Crippen LogP contribution in [0.15, 0.2) is 84.9 Å². The lowest BCUT2D eigenvalue weighted by Crippen LogP contribution is -2.61. The summed E-state index contributed by atoms with van der Waals surface area (Å²) in [5.41, 5.74) is 8.10. The van der Waals surface area contributed by atoms with Gasteiger partial charge in [-0.05, 0) is 39.1 Å². The minimum atomic E-state index is -1.94.